The largest absolute Gasteiger partial charge is 0.481 e. The second-order valence-electron chi connectivity index (χ2n) is 19.3. The van der Waals surface area contributed by atoms with E-state index in [1.807, 2.05) is 13.8 Å². The Labute approximate surface area is 294 Å². The highest BCUT2D eigenvalue weighted by molar-refractivity contribution is 5.90. The Morgan fingerprint density at radius 1 is 0.880 bits per heavy atom. The second kappa shape index (κ2) is 10.9. The molecule has 50 heavy (non-hydrogen) atoms. The van der Waals surface area contributed by atoms with Gasteiger partial charge in [-0.3, -0.25) is 9.59 Å². The molecule has 0 bridgehead atoms. The zero-order valence-electron chi connectivity index (χ0n) is 30.6. The van der Waals surface area contributed by atoms with Gasteiger partial charge in [-0.25, -0.2) is 0 Å². The quantitative estimate of drug-likeness (QED) is 0.160. The topological polar surface area (TPSA) is 181 Å². The normalized spacial score (nSPS) is 56.9. The van der Waals surface area contributed by atoms with Crippen LogP contribution in [0.2, 0.25) is 0 Å². The maximum absolute atomic E-state index is 12.3. The number of aliphatic hydroxyl groups excluding tert-OH is 3. The molecular weight excluding hydrogens is 648 g/mol. The van der Waals surface area contributed by atoms with Crippen molar-refractivity contribution in [3.05, 3.63) is 0 Å². The first-order valence-electron chi connectivity index (χ1n) is 19.0. The molecule has 3 aliphatic heterocycles. The molecule has 282 valence electrons. The lowest BCUT2D eigenvalue weighted by Gasteiger charge is -2.63. The fraction of sp³-hybridized carbons (Fsp3) is 0.947. The summed E-state index contributed by atoms with van der Waals surface area (Å²) in [4.78, 5) is 23.4. The number of fused-ring (bicyclic) bond motifs is 5. The van der Waals surface area contributed by atoms with Gasteiger partial charge in [0, 0.05) is 0 Å². The van der Waals surface area contributed by atoms with Crippen molar-refractivity contribution in [3.8, 4) is 0 Å². The number of aliphatic carboxylic acids is 1. The van der Waals surface area contributed by atoms with E-state index in [1.165, 1.54) is 6.42 Å². The van der Waals surface area contributed by atoms with Gasteiger partial charge < -0.3 is 49.2 Å². The van der Waals surface area contributed by atoms with Crippen LogP contribution in [0.4, 0.5) is 0 Å². The lowest BCUT2D eigenvalue weighted by molar-refractivity contribution is -0.327. The number of carboxylic acids is 1. The summed E-state index contributed by atoms with van der Waals surface area (Å²) in [5.74, 6) is -2.96. The molecule has 8 fully saturated rings. The summed E-state index contributed by atoms with van der Waals surface area (Å²) in [5, 5.41) is 53.1. The average Bonchev–Trinajstić information content (AvgIpc) is 3.56. The van der Waals surface area contributed by atoms with E-state index < -0.39 is 66.6 Å². The number of carboxylic acid groups (broad SMARTS) is 1. The molecule has 2 spiro atoms. The maximum atomic E-state index is 12.3. The maximum Gasteiger partial charge on any atom is 0.317 e. The standard InChI is InChI=1S/C38H58O12/c1-18-26-20(49-38(45)29(18)50-33(4,5)31(38)44)15-35(7)22-9-8-21-32(2,3)23(10-11-36(21)17-37(22,36)13-12-34(26,35)6)47-30-28(27(43)19(39)16-46-30)48-25(42)14-24(40)41/h18-23,26-31,39,43-45H,8-17H2,1-7H3,(H,40,41)/t18-,19+,20-,21+,22+,23-,26-,27-,28+,29+,30-,31+,34+,35-,36+,37-,38-/m0/s1. The van der Waals surface area contributed by atoms with E-state index in [2.05, 4.69) is 34.6 Å². The molecule has 0 unspecified atom stereocenters. The van der Waals surface area contributed by atoms with Gasteiger partial charge >= 0.3 is 11.9 Å². The van der Waals surface area contributed by atoms with Gasteiger partial charge in [-0.1, -0.05) is 34.6 Å². The predicted molar refractivity (Wildman–Crippen MR) is 175 cm³/mol. The zero-order chi connectivity index (χ0) is 36.2. The first-order chi connectivity index (χ1) is 23.2. The summed E-state index contributed by atoms with van der Waals surface area (Å²) in [6, 6.07) is 0. The summed E-state index contributed by atoms with van der Waals surface area (Å²) in [7, 11) is 0. The first-order valence-corrected chi connectivity index (χ1v) is 19.0. The Bertz CT molecular complexity index is 1430. The molecule has 0 aromatic heterocycles. The van der Waals surface area contributed by atoms with Gasteiger partial charge in [-0.15, -0.1) is 0 Å². The third kappa shape index (κ3) is 4.39. The van der Waals surface area contributed by atoms with Gasteiger partial charge in [0.2, 0.25) is 5.79 Å². The van der Waals surface area contributed by atoms with Crippen molar-refractivity contribution in [2.24, 2.45) is 50.7 Å². The number of esters is 1. The van der Waals surface area contributed by atoms with E-state index in [1.54, 1.807) is 0 Å². The molecule has 17 atom stereocenters. The highest BCUT2D eigenvalue weighted by Crippen LogP contribution is 2.89. The molecular formula is C38H58O12. The monoisotopic (exact) mass is 706 g/mol. The average molecular weight is 707 g/mol. The first kappa shape index (κ1) is 35.6. The fourth-order valence-electron chi connectivity index (χ4n) is 14.4. The van der Waals surface area contributed by atoms with Crippen molar-refractivity contribution < 1.29 is 58.8 Å². The van der Waals surface area contributed by atoms with Gasteiger partial charge in [-0.05, 0) is 116 Å². The molecule has 5 saturated carbocycles. The predicted octanol–water partition coefficient (Wildman–Crippen LogP) is 3.15. The van der Waals surface area contributed by atoms with E-state index in [0.29, 0.717) is 11.8 Å². The SMILES string of the molecule is C[C@H]1[C@H]2[C@H](C[C@@]3(C)[C@H]4CC[C@@H]5C(C)(C)[C@@H](O[C@@H]6OC[C@@H](O)[C@H](O)[C@H]6OC(=O)CC(=O)O)CC[C@@]56C[C@@]46CC[C@]23C)O[C@@]2(O)[C@@H]1OC(C)(C)[C@H]2O. The van der Waals surface area contributed by atoms with Gasteiger partial charge in [0.25, 0.3) is 0 Å². The minimum atomic E-state index is -1.72. The van der Waals surface area contributed by atoms with E-state index in [9.17, 15) is 30.0 Å². The van der Waals surface area contributed by atoms with Gasteiger partial charge in [0.1, 0.15) is 30.8 Å². The Morgan fingerprint density at radius 3 is 2.26 bits per heavy atom. The van der Waals surface area contributed by atoms with Crippen LogP contribution in [-0.4, -0.2) is 104 Å². The van der Waals surface area contributed by atoms with Gasteiger partial charge in [0.15, 0.2) is 12.4 Å². The Morgan fingerprint density at radius 2 is 1.56 bits per heavy atom. The lowest BCUT2D eigenvalue weighted by atomic mass is 9.41. The molecule has 12 nitrogen and oxygen atoms in total. The molecule has 0 radical (unpaired) electrons. The summed E-state index contributed by atoms with van der Waals surface area (Å²) >= 11 is 0. The van der Waals surface area contributed by atoms with Crippen molar-refractivity contribution >= 4 is 11.9 Å². The van der Waals surface area contributed by atoms with E-state index in [4.69, 9.17) is 28.8 Å². The summed E-state index contributed by atoms with van der Waals surface area (Å²) < 4.78 is 30.7. The van der Waals surface area contributed by atoms with E-state index in [-0.39, 0.29) is 57.7 Å². The number of aliphatic hydroxyl groups is 4. The molecule has 5 N–H and O–H groups in total. The van der Waals surface area contributed by atoms with Crippen molar-refractivity contribution in [3.63, 3.8) is 0 Å². The lowest BCUT2D eigenvalue weighted by Crippen LogP contribution is -2.63. The zero-order valence-corrected chi connectivity index (χ0v) is 30.6. The number of carbonyl (C=O) groups is 2. The third-order valence-electron chi connectivity index (χ3n) is 16.6. The minimum Gasteiger partial charge on any atom is -0.481 e. The molecule has 5 aliphatic carbocycles. The van der Waals surface area contributed by atoms with Gasteiger partial charge in [-0.2, -0.15) is 0 Å². The Hall–Kier alpha value is -1.38. The minimum absolute atomic E-state index is 0.00136. The Kier molecular flexibility index (Phi) is 7.74. The van der Waals surface area contributed by atoms with Crippen LogP contribution in [0, 0.1) is 50.7 Å². The molecule has 0 aromatic carbocycles. The van der Waals surface area contributed by atoms with E-state index in [0.717, 1.165) is 44.9 Å². The third-order valence-corrected chi connectivity index (χ3v) is 16.6. The highest BCUT2D eigenvalue weighted by atomic mass is 16.7. The van der Waals surface area contributed by atoms with Crippen LogP contribution in [0.3, 0.4) is 0 Å². The van der Waals surface area contributed by atoms with Crippen molar-refractivity contribution in [1.82, 2.24) is 0 Å². The van der Waals surface area contributed by atoms with Gasteiger partial charge in [0.05, 0.1) is 24.4 Å². The molecule has 3 saturated heterocycles. The molecule has 0 aromatic rings. The molecule has 3 heterocycles. The fourth-order valence-corrected chi connectivity index (χ4v) is 14.4. The highest BCUT2D eigenvalue weighted by Gasteiger charge is 2.84. The Balaban J connectivity index is 1.02. The van der Waals surface area contributed by atoms with Crippen molar-refractivity contribution in [1.29, 1.82) is 0 Å². The second-order valence-corrected chi connectivity index (χ2v) is 19.3. The number of ether oxygens (including phenoxy) is 5. The molecule has 8 rings (SSSR count). The summed E-state index contributed by atoms with van der Waals surface area (Å²) in [6.07, 6.45) is -0.0475. The molecule has 12 heteroatoms. The number of rotatable bonds is 5. The van der Waals surface area contributed by atoms with Crippen LogP contribution < -0.4 is 0 Å². The van der Waals surface area contributed by atoms with Crippen LogP contribution in [0.5, 0.6) is 0 Å². The molecule has 8 aliphatic rings. The van der Waals surface area contributed by atoms with Crippen LogP contribution in [0.15, 0.2) is 0 Å². The van der Waals surface area contributed by atoms with E-state index >= 15 is 0 Å². The van der Waals surface area contributed by atoms with Crippen LogP contribution in [0.1, 0.15) is 106 Å². The summed E-state index contributed by atoms with van der Waals surface area (Å²) in [5.41, 5.74) is -0.772. The number of carbonyl (C=O) groups excluding carboxylic acids is 1. The van der Waals surface area contributed by atoms with Crippen molar-refractivity contribution in [2.45, 2.75) is 167 Å². The number of hydrogen-bond donors (Lipinski definition) is 5. The summed E-state index contributed by atoms with van der Waals surface area (Å²) in [6.45, 7) is 15.1. The number of hydrogen-bond acceptors (Lipinski definition) is 11. The van der Waals surface area contributed by atoms with Crippen LogP contribution in [-0.2, 0) is 33.3 Å². The molecule has 0 amide bonds. The van der Waals surface area contributed by atoms with Crippen LogP contribution in [0.25, 0.3) is 0 Å². The smallest absolute Gasteiger partial charge is 0.317 e. The van der Waals surface area contributed by atoms with Crippen molar-refractivity contribution in [2.75, 3.05) is 6.61 Å². The van der Waals surface area contributed by atoms with Crippen LogP contribution >= 0.6 is 0 Å².